The van der Waals surface area contributed by atoms with Crippen LogP contribution in [0.25, 0.3) is 0 Å². The van der Waals surface area contributed by atoms with Crippen molar-refractivity contribution in [1.82, 2.24) is 15.1 Å². The van der Waals surface area contributed by atoms with Gasteiger partial charge in [-0.05, 0) is 56.3 Å². The van der Waals surface area contributed by atoms with Crippen LogP contribution in [0.5, 0.6) is 0 Å². The molecule has 0 radical (unpaired) electrons. The zero-order valence-corrected chi connectivity index (χ0v) is 16.8. The number of hydrogen-bond acceptors (Lipinski definition) is 3. The lowest BCUT2D eigenvalue weighted by Crippen LogP contribution is -2.49. The van der Waals surface area contributed by atoms with Gasteiger partial charge in [-0.2, -0.15) is 0 Å². The number of hydrogen-bond donors (Lipinski definition) is 1. The SMILES string of the molecule is CC(CC(=O)N1CCN(C(C)c2ccccc2Cl)CC1)C1CCCNC1. The molecule has 2 aliphatic rings. The molecule has 0 spiro atoms. The third-order valence-electron chi connectivity index (χ3n) is 6.21. The van der Waals surface area contributed by atoms with Crippen LogP contribution in [0.15, 0.2) is 24.3 Å². The molecule has 5 heteroatoms. The van der Waals surface area contributed by atoms with Crippen LogP contribution in [-0.2, 0) is 4.79 Å². The Labute approximate surface area is 162 Å². The summed E-state index contributed by atoms with van der Waals surface area (Å²) in [6.45, 7) is 10.1. The van der Waals surface area contributed by atoms with Crippen molar-refractivity contribution < 1.29 is 4.79 Å². The van der Waals surface area contributed by atoms with Crippen molar-refractivity contribution in [3.05, 3.63) is 34.9 Å². The number of rotatable bonds is 5. The Balaban J connectivity index is 1.48. The van der Waals surface area contributed by atoms with Crippen molar-refractivity contribution in [2.24, 2.45) is 11.8 Å². The third-order valence-corrected chi connectivity index (χ3v) is 6.55. The number of amides is 1. The highest BCUT2D eigenvalue weighted by atomic mass is 35.5. The Bertz CT molecular complexity index is 595. The normalized spacial score (nSPS) is 24.3. The van der Waals surface area contributed by atoms with E-state index in [4.69, 9.17) is 11.6 Å². The molecule has 0 aliphatic carbocycles. The van der Waals surface area contributed by atoms with Gasteiger partial charge >= 0.3 is 0 Å². The number of piperazine rings is 1. The fourth-order valence-corrected chi connectivity index (χ4v) is 4.60. The van der Waals surface area contributed by atoms with Crippen LogP contribution in [-0.4, -0.2) is 55.0 Å². The molecule has 2 aliphatic heterocycles. The molecule has 1 N–H and O–H groups in total. The minimum Gasteiger partial charge on any atom is -0.340 e. The molecule has 2 fully saturated rings. The summed E-state index contributed by atoms with van der Waals surface area (Å²) in [5, 5.41) is 4.29. The highest BCUT2D eigenvalue weighted by Gasteiger charge is 2.28. The van der Waals surface area contributed by atoms with Crippen molar-refractivity contribution in [3.8, 4) is 0 Å². The fourth-order valence-electron chi connectivity index (χ4n) is 4.30. The van der Waals surface area contributed by atoms with E-state index in [1.54, 1.807) is 0 Å². The zero-order chi connectivity index (χ0) is 18.5. The summed E-state index contributed by atoms with van der Waals surface area (Å²) in [5.41, 5.74) is 1.17. The van der Waals surface area contributed by atoms with E-state index in [0.717, 1.165) is 44.3 Å². The smallest absolute Gasteiger partial charge is 0.222 e. The summed E-state index contributed by atoms with van der Waals surface area (Å²) < 4.78 is 0. The molecule has 0 saturated carbocycles. The predicted molar refractivity (Wildman–Crippen MR) is 107 cm³/mol. The second kappa shape index (κ2) is 9.20. The molecule has 3 rings (SSSR count). The molecule has 4 nitrogen and oxygen atoms in total. The first-order chi connectivity index (χ1) is 12.6. The summed E-state index contributed by atoms with van der Waals surface area (Å²) in [7, 11) is 0. The van der Waals surface area contributed by atoms with E-state index in [9.17, 15) is 4.79 Å². The van der Waals surface area contributed by atoms with Gasteiger partial charge in [0.2, 0.25) is 5.91 Å². The number of piperidine rings is 1. The van der Waals surface area contributed by atoms with Gasteiger partial charge in [-0.1, -0.05) is 36.7 Å². The first-order valence-electron chi connectivity index (χ1n) is 10.0. The van der Waals surface area contributed by atoms with Gasteiger partial charge in [0.1, 0.15) is 0 Å². The lowest BCUT2D eigenvalue weighted by atomic mass is 9.85. The standard InChI is InChI=1S/C21H32ClN3O/c1-16(18-6-5-9-23-15-18)14-21(26)25-12-10-24(11-13-25)17(2)19-7-3-4-8-20(19)22/h3-4,7-8,16-18,23H,5-6,9-15H2,1-2H3. The molecule has 1 aromatic carbocycles. The summed E-state index contributed by atoms with van der Waals surface area (Å²) >= 11 is 6.35. The lowest BCUT2D eigenvalue weighted by molar-refractivity contribution is -0.134. The van der Waals surface area contributed by atoms with Gasteiger partial charge in [-0.15, -0.1) is 0 Å². The van der Waals surface area contributed by atoms with Crippen LogP contribution in [0, 0.1) is 11.8 Å². The Kier molecular flexibility index (Phi) is 6.96. The monoisotopic (exact) mass is 377 g/mol. The van der Waals surface area contributed by atoms with E-state index >= 15 is 0 Å². The Morgan fingerprint density at radius 3 is 2.62 bits per heavy atom. The van der Waals surface area contributed by atoms with Crippen molar-refractivity contribution >= 4 is 17.5 Å². The van der Waals surface area contributed by atoms with E-state index < -0.39 is 0 Å². The first kappa shape index (κ1) is 19.7. The van der Waals surface area contributed by atoms with Gasteiger partial charge in [0.25, 0.3) is 0 Å². The Morgan fingerprint density at radius 1 is 1.23 bits per heavy atom. The van der Waals surface area contributed by atoms with E-state index in [1.807, 2.05) is 18.2 Å². The molecular formula is C21H32ClN3O. The highest BCUT2D eigenvalue weighted by molar-refractivity contribution is 6.31. The highest BCUT2D eigenvalue weighted by Crippen LogP contribution is 2.28. The van der Waals surface area contributed by atoms with Crippen molar-refractivity contribution in [3.63, 3.8) is 0 Å². The molecule has 0 bridgehead atoms. The van der Waals surface area contributed by atoms with Crippen LogP contribution in [0.2, 0.25) is 5.02 Å². The summed E-state index contributed by atoms with van der Waals surface area (Å²) in [5.74, 6) is 1.44. The van der Waals surface area contributed by atoms with Gasteiger partial charge in [0.05, 0.1) is 0 Å². The number of benzene rings is 1. The molecule has 1 amide bonds. The summed E-state index contributed by atoms with van der Waals surface area (Å²) in [4.78, 5) is 17.2. The average Bonchev–Trinajstić information content (AvgIpc) is 2.68. The fraction of sp³-hybridized carbons (Fsp3) is 0.667. The maximum absolute atomic E-state index is 12.7. The Hall–Kier alpha value is -1.10. The van der Waals surface area contributed by atoms with Gasteiger partial charge < -0.3 is 10.2 Å². The minimum absolute atomic E-state index is 0.285. The molecule has 3 atom stereocenters. The molecular weight excluding hydrogens is 346 g/mol. The summed E-state index contributed by atoms with van der Waals surface area (Å²) in [6.07, 6.45) is 3.18. The minimum atomic E-state index is 0.285. The first-order valence-corrected chi connectivity index (χ1v) is 10.4. The van der Waals surface area contributed by atoms with Gasteiger partial charge in [-0.3, -0.25) is 9.69 Å². The average molecular weight is 378 g/mol. The van der Waals surface area contributed by atoms with E-state index in [1.165, 1.54) is 18.4 Å². The molecule has 26 heavy (non-hydrogen) atoms. The van der Waals surface area contributed by atoms with Crippen LogP contribution in [0.1, 0.15) is 44.7 Å². The van der Waals surface area contributed by atoms with Crippen LogP contribution < -0.4 is 5.32 Å². The molecule has 144 valence electrons. The van der Waals surface area contributed by atoms with Crippen LogP contribution >= 0.6 is 11.6 Å². The van der Waals surface area contributed by atoms with Crippen LogP contribution in [0.3, 0.4) is 0 Å². The van der Waals surface area contributed by atoms with Gasteiger partial charge in [0.15, 0.2) is 0 Å². The molecule has 0 aromatic heterocycles. The maximum Gasteiger partial charge on any atom is 0.222 e. The lowest BCUT2D eigenvalue weighted by Gasteiger charge is -2.39. The van der Waals surface area contributed by atoms with Crippen molar-refractivity contribution in [2.75, 3.05) is 39.3 Å². The second-order valence-corrected chi connectivity index (χ2v) is 8.31. The van der Waals surface area contributed by atoms with Gasteiger partial charge in [-0.25, -0.2) is 0 Å². The van der Waals surface area contributed by atoms with E-state index in [2.05, 4.69) is 35.0 Å². The number of carbonyl (C=O) groups is 1. The van der Waals surface area contributed by atoms with Crippen LogP contribution in [0.4, 0.5) is 0 Å². The zero-order valence-electron chi connectivity index (χ0n) is 16.1. The topological polar surface area (TPSA) is 35.6 Å². The van der Waals surface area contributed by atoms with E-state index in [-0.39, 0.29) is 6.04 Å². The molecule has 2 saturated heterocycles. The number of carbonyl (C=O) groups excluding carboxylic acids is 1. The quantitative estimate of drug-likeness (QED) is 0.852. The number of nitrogens with one attached hydrogen (secondary N) is 1. The maximum atomic E-state index is 12.7. The third kappa shape index (κ3) is 4.79. The summed E-state index contributed by atoms with van der Waals surface area (Å²) in [6, 6.07) is 8.35. The van der Waals surface area contributed by atoms with E-state index in [0.29, 0.717) is 24.2 Å². The number of nitrogens with zero attached hydrogens (tertiary/aromatic N) is 2. The largest absolute Gasteiger partial charge is 0.340 e. The molecule has 2 heterocycles. The second-order valence-electron chi connectivity index (χ2n) is 7.90. The predicted octanol–water partition coefficient (Wildman–Crippen LogP) is 3.57. The van der Waals surface area contributed by atoms with Gasteiger partial charge in [0, 0.05) is 43.7 Å². The van der Waals surface area contributed by atoms with Crippen molar-refractivity contribution in [1.29, 1.82) is 0 Å². The Morgan fingerprint density at radius 2 is 1.96 bits per heavy atom. The molecule has 3 unspecified atom stereocenters. The molecule has 1 aromatic rings. The van der Waals surface area contributed by atoms with Crippen molar-refractivity contribution in [2.45, 2.75) is 39.2 Å². The number of halogens is 1.